The average molecular weight is 400 g/mol. The van der Waals surface area contributed by atoms with Gasteiger partial charge in [0.05, 0.1) is 31.2 Å². The van der Waals surface area contributed by atoms with Crippen LogP contribution in [0.4, 0.5) is 5.69 Å². The van der Waals surface area contributed by atoms with E-state index < -0.39 is 0 Å². The third-order valence-corrected chi connectivity index (χ3v) is 4.83. The van der Waals surface area contributed by atoms with E-state index in [1.807, 2.05) is 24.3 Å². The number of pyridine rings is 1. The van der Waals surface area contributed by atoms with Gasteiger partial charge in [-0.3, -0.25) is 9.79 Å². The van der Waals surface area contributed by atoms with Crippen molar-refractivity contribution in [3.8, 4) is 23.1 Å². The predicted molar refractivity (Wildman–Crippen MR) is 118 cm³/mol. The number of nitrogens with zero attached hydrogens (tertiary/aromatic N) is 2. The molecule has 0 aliphatic rings. The minimum atomic E-state index is -0.342. The zero-order valence-electron chi connectivity index (χ0n) is 16.6. The number of benzene rings is 3. The molecule has 1 N–H and O–H groups in total. The molecule has 150 valence electrons. The summed E-state index contributed by atoms with van der Waals surface area (Å²) in [6.45, 7) is 0. The number of ether oxygens (including phenoxy) is 2. The standard InChI is InChI=1S/C24H20N2O4/c1-29-17-9-7-8-16(14-17)25-15-20-18-10-3-4-11-19(18)23(27)26(24(20)28)21-12-5-6-13-22(21)30-2/h3-15,28H,1-2H3. The highest BCUT2D eigenvalue weighted by molar-refractivity contribution is 6.02. The topological polar surface area (TPSA) is 73.1 Å². The Balaban J connectivity index is 1.97. The summed E-state index contributed by atoms with van der Waals surface area (Å²) < 4.78 is 11.9. The normalized spacial score (nSPS) is 11.1. The Morgan fingerprint density at radius 1 is 0.900 bits per heavy atom. The van der Waals surface area contributed by atoms with Crippen molar-refractivity contribution in [2.45, 2.75) is 0 Å². The minimum Gasteiger partial charge on any atom is -0.497 e. The number of hydrogen-bond acceptors (Lipinski definition) is 5. The molecule has 0 amide bonds. The summed E-state index contributed by atoms with van der Waals surface area (Å²) in [6.07, 6.45) is 1.55. The van der Waals surface area contributed by atoms with E-state index in [2.05, 4.69) is 4.99 Å². The maximum absolute atomic E-state index is 13.2. The molecule has 0 saturated heterocycles. The maximum atomic E-state index is 13.2. The number of hydrogen-bond donors (Lipinski definition) is 1. The van der Waals surface area contributed by atoms with Crippen molar-refractivity contribution in [1.29, 1.82) is 0 Å². The lowest BCUT2D eigenvalue weighted by Crippen LogP contribution is -2.20. The van der Waals surface area contributed by atoms with Gasteiger partial charge in [0.2, 0.25) is 5.88 Å². The number of methoxy groups -OCH3 is 2. The van der Waals surface area contributed by atoms with Crippen LogP contribution in [0.3, 0.4) is 0 Å². The van der Waals surface area contributed by atoms with Crippen LogP contribution in [-0.2, 0) is 0 Å². The number of rotatable bonds is 5. The fraction of sp³-hybridized carbons (Fsp3) is 0.0833. The lowest BCUT2D eigenvalue weighted by atomic mass is 10.1. The molecule has 0 aliphatic carbocycles. The van der Waals surface area contributed by atoms with E-state index in [0.29, 0.717) is 39.2 Å². The van der Waals surface area contributed by atoms with Crippen LogP contribution in [0, 0.1) is 0 Å². The maximum Gasteiger partial charge on any atom is 0.265 e. The third-order valence-electron chi connectivity index (χ3n) is 4.83. The first-order valence-electron chi connectivity index (χ1n) is 9.32. The SMILES string of the molecule is COc1cccc(N=Cc2c(O)n(-c3ccccc3OC)c(=O)c3ccccc23)c1. The summed E-state index contributed by atoms with van der Waals surface area (Å²) in [5, 5.41) is 12.2. The van der Waals surface area contributed by atoms with Crippen LogP contribution in [0.15, 0.2) is 82.6 Å². The number of fused-ring (bicyclic) bond motifs is 1. The monoisotopic (exact) mass is 400 g/mol. The van der Waals surface area contributed by atoms with Crippen LogP contribution >= 0.6 is 0 Å². The summed E-state index contributed by atoms with van der Waals surface area (Å²) >= 11 is 0. The van der Waals surface area contributed by atoms with E-state index in [-0.39, 0.29) is 11.4 Å². The van der Waals surface area contributed by atoms with Gasteiger partial charge in [-0.25, -0.2) is 4.57 Å². The predicted octanol–water partition coefficient (Wildman–Crippen LogP) is 4.46. The van der Waals surface area contributed by atoms with E-state index >= 15 is 0 Å². The number of aliphatic imine (C=N–C) groups is 1. The van der Waals surface area contributed by atoms with Crippen LogP contribution < -0.4 is 15.0 Å². The molecule has 4 aromatic rings. The molecule has 3 aromatic carbocycles. The molecule has 6 heteroatoms. The van der Waals surface area contributed by atoms with E-state index in [4.69, 9.17) is 9.47 Å². The van der Waals surface area contributed by atoms with Crippen LogP contribution in [0.5, 0.6) is 17.4 Å². The van der Waals surface area contributed by atoms with Crippen molar-refractivity contribution < 1.29 is 14.6 Å². The van der Waals surface area contributed by atoms with Gasteiger partial charge in [0, 0.05) is 23.1 Å². The minimum absolute atomic E-state index is 0.213. The van der Waals surface area contributed by atoms with Crippen molar-refractivity contribution in [3.05, 3.63) is 88.7 Å². The molecule has 0 unspecified atom stereocenters. The van der Waals surface area contributed by atoms with Gasteiger partial charge in [0.15, 0.2) is 0 Å². The number of para-hydroxylation sites is 2. The van der Waals surface area contributed by atoms with Gasteiger partial charge in [-0.2, -0.15) is 0 Å². The van der Waals surface area contributed by atoms with E-state index in [9.17, 15) is 9.90 Å². The Labute approximate surface area is 173 Å². The second kappa shape index (κ2) is 8.13. The zero-order valence-corrected chi connectivity index (χ0v) is 16.6. The molecule has 0 atom stereocenters. The van der Waals surface area contributed by atoms with Gasteiger partial charge in [-0.05, 0) is 30.3 Å². The molecule has 0 saturated carbocycles. The van der Waals surface area contributed by atoms with Crippen LogP contribution in [-0.4, -0.2) is 30.1 Å². The second-order valence-electron chi connectivity index (χ2n) is 6.55. The number of aromatic nitrogens is 1. The first-order valence-corrected chi connectivity index (χ1v) is 9.32. The highest BCUT2D eigenvalue weighted by atomic mass is 16.5. The van der Waals surface area contributed by atoms with Crippen LogP contribution in [0.1, 0.15) is 5.56 Å². The molecule has 1 heterocycles. The molecule has 0 aliphatic heterocycles. The smallest absolute Gasteiger partial charge is 0.265 e. The highest BCUT2D eigenvalue weighted by Gasteiger charge is 2.18. The Morgan fingerprint density at radius 3 is 2.40 bits per heavy atom. The molecule has 0 radical (unpaired) electrons. The molecule has 0 bridgehead atoms. The van der Waals surface area contributed by atoms with Crippen LogP contribution in [0.25, 0.3) is 16.5 Å². The fourth-order valence-corrected chi connectivity index (χ4v) is 3.36. The van der Waals surface area contributed by atoms with Gasteiger partial charge < -0.3 is 14.6 Å². The van der Waals surface area contributed by atoms with Crippen molar-refractivity contribution in [1.82, 2.24) is 4.57 Å². The molecule has 4 rings (SSSR count). The lowest BCUT2D eigenvalue weighted by molar-refractivity contribution is 0.404. The second-order valence-corrected chi connectivity index (χ2v) is 6.55. The molecular weight excluding hydrogens is 380 g/mol. The first-order chi connectivity index (χ1) is 14.6. The van der Waals surface area contributed by atoms with Gasteiger partial charge in [0.25, 0.3) is 5.56 Å². The van der Waals surface area contributed by atoms with Crippen molar-refractivity contribution in [3.63, 3.8) is 0 Å². The van der Waals surface area contributed by atoms with E-state index in [1.54, 1.807) is 61.9 Å². The van der Waals surface area contributed by atoms with Gasteiger partial charge >= 0.3 is 0 Å². The van der Waals surface area contributed by atoms with Crippen molar-refractivity contribution >= 4 is 22.7 Å². The number of aromatic hydroxyl groups is 1. The molecule has 0 spiro atoms. The Kier molecular flexibility index (Phi) is 5.22. The van der Waals surface area contributed by atoms with Crippen molar-refractivity contribution in [2.75, 3.05) is 14.2 Å². The van der Waals surface area contributed by atoms with Crippen LogP contribution in [0.2, 0.25) is 0 Å². The molecular formula is C24H20N2O4. The summed E-state index contributed by atoms with van der Waals surface area (Å²) in [4.78, 5) is 17.7. The quantitative estimate of drug-likeness (QED) is 0.502. The average Bonchev–Trinajstić information content (AvgIpc) is 2.79. The van der Waals surface area contributed by atoms with E-state index in [1.165, 1.54) is 11.7 Å². The Hall–Kier alpha value is -4.06. The summed E-state index contributed by atoms with van der Waals surface area (Å²) in [6, 6.07) is 21.4. The van der Waals surface area contributed by atoms with Gasteiger partial charge in [0.1, 0.15) is 11.5 Å². The first kappa shape index (κ1) is 19.3. The molecule has 30 heavy (non-hydrogen) atoms. The largest absolute Gasteiger partial charge is 0.497 e. The van der Waals surface area contributed by atoms with E-state index in [0.717, 1.165) is 0 Å². The van der Waals surface area contributed by atoms with Gasteiger partial charge in [-0.15, -0.1) is 0 Å². The summed E-state index contributed by atoms with van der Waals surface area (Å²) in [5.41, 5.74) is 1.20. The molecule has 6 nitrogen and oxygen atoms in total. The highest BCUT2D eigenvalue weighted by Crippen LogP contribution is 2.30. The molecule has 1 aromatic heterocycles. The zero-order chi connectivity index (χ0) is 21.1. The Morgan fingerprint density at radius 2 is 1.63 bits per heavy atom. The third kappa shape index (κ3) is 3.39. The summed E-state index contributed by atoms with van der Waals surface area (Å²) in [5.74, 6) is 0.938. The summed E-state index contributed by atoms with van der Waals surface area (Å²) in [7, 11) is 3.11. The van der Waals surface area contributed by atoms with Gasteiger partial charge in [-0.1, -0.05) is 36.4 Å². The fourth-order valence-electron chi connectivity index (χ4n) is 3.36. The Bertz CT molecular complexity index is 1310. The molecule has 0 fully saturated rings. The lowest BCUT2D eigenvalue weighted by Gasteiger charge is -2.16. The van der Waals surface area contributed by atoms with Crippen molar-refractivity contribution in [2.24, 2.45) is 4.99 Å².